The molecule has 0 aliphatic carbocycles. The molecule has 1 rings (SSSR count). The Balaban J connectivity index is 0.00000484. The van der Waals surface area contributed by atoms with Crippen LogP contribution in [-0.2, 0) is 11.0 Å². The highest BCUT2D eigenvalue weighted by Gasteiger charge is 2.37. The number of rotatable bonds is 3. The molecule has 1 amide bonds. The summed E-state index contributed by atoms with van der Waals surface area (Å²) >= 11 is 0. The Labute approximate surface area is 134 Å². The number of ether oxygens (including phenoxy) is 2. The quantitative estimate of drug-likeness (QED) is 0.330. The molecule has 11 heteroatoms. The van der Waals surface area contributed by atoms with Gasteiger partial charge in [-0.25, -0.2) is 0 Å². The van der Waals surface area contributed by atoms with Gasteiger partial charge in [-0.15, -0.1) is 12.4 Å². The predicted octanol–water partition coefficient (Wildman–Crippen LogP) is 1.68. The van der Waals surface area contributed by atoms with Crippen molar-refractivity contribution in [2.24, 2.45) is 5.73 Å². The lowest BCUT2D eigenvalue weighted by molar-refractivity contribution is -0.141. The zero-order chi connectivity index (χ0) is 17.1. The van der Waals surface area contributed by atoms with Gasteiger partial charge in [0.25, 0.3) is 5.91 Å². The van der Waals surface area contributed by atoms with Crippen LogP contribution >= 0.6 is 12.4 Å². The molecular formula is C12H13ClF3N3O4. The minimum atomic E-state index is -4.87. The fraction of sp³-hybridized carbons (Fsp3) is 0.250. The van der Waals surface area contributed by atoms with Crippen LogP contribution in [0.15, 0.2) is 12.1 Å². The van der Waals surface area contributed by atoms with Gasteiger partial charge in [0.05, 0.1) is 18.2 Å². The zero-order valence-electron chi connectivity index (χ0n) is 11.9. The lowest BCUT2D eigenvalue weighted by atomic mass is 10.1. The zero-order valence-corrected chi connectivity index (χ0v) is 12.7. The predicted molar refractivity (Wildman–Crippen MR) is 75.9 cm³/mol. The number of carbonyl (C=O) groups excluding carboxylic acids is 2. The van der Waals surface area contributed by atoms with E-state index in [1.807, 2.05) is 5.32 Å². The van der Waals surface area contributed by atoms with Crippen molar-refractivity contribution >= 4 is 30.2 Å². The van der Waals surface area contributed by atoms with Crippen molar-refractivity contribution in [3.05, 3.63) is 23.3 Å². The van der Waals surface area contributed by atoms with Crippen LogP contribution in [0.3, 0.4) is 0 Å². The van der Waals surface area contributed by atoms with Crippen molar-refractivity contribution in [1.82, 2.24) is 5.32 Å². The van der Waals surface area contributed by atoms with Gasteiger partial charge in [-0.3, -0.25) is 20.3 Å². The summed E-state index contributed by atoms with van der Waals surface area (Å²) in [5, 5.41) is 8.77. The van der Waals surface area contributed by atoms with Crippen LogP contribution in [0.5, 0.6) is 11.5 Å². The molecule has 0 aliphatic rings. The van der Waals surface area contributed by atoms with E-state index < -0.39 is 40.9 Å². The Hall–Kier alpha value is -2.49. The third kappa shape index (κ3) is 5.33. The fourth-order valence-corrected chi connectivity index (χ4v) is 1.56. The van der Waals surface area contributed by atoms with Crippen LogP contribution in [0, 0.1) is 5.41 Å². The average Bonchev–Trinajstić information content (AvgIpc) is 2.35. The molecule has 4 N–H and O–H groups in total. The molecule has 0 aromatic heterocycles. The van der Waals surface area contributed by atoms with Gasteiger partial charge in [-0.1, -0.05) is 0 Å². The summed E-state index contributed by atoms with van der Waals surface area (Å²) in [6.45, 7) is 0.934. The molecule has 0 unspecified atom stereocenters. The van der Waals surface area contributed by atoms with E-state index in [1.165, 1.54) is 0 Å². The maximum Gasteiger partial charge on any atom is 0.420 e. The van der Waals surface area contributed by atoms with E-state index in [4.69, 9.17) is 15.9 Å². The molecule has 0 radical (unpaired) electrons. The fourth-order valence-electron chi connectivity index (χ4n) is 1.56. The van der Waals surface area contributed by atoms with E-state index in [2.05, 4.69) is 4.74 Å². The first-order valence-electron chi connectivity index (χ1n) is 5.69. The van der Waals surface area contributed by atoms with Gasteiger partial charge in [-0.05, 0) is 6.07 Å². The molecule has 7 nitrogen and oxygen atoms in total. The van der Waals surface area contributed by atoms with Crippen LogP contribution < -0.4 is 20.5 Å². The minimum Gasteiger partial charge on any atom is -0.496 e. The summed E-state index contributed by atoms with van der Waals surface area (Å²) in [5.74, 6) is -3.85. The normalized spacial score (nSPS) is 10.3. The van der Waals surface area contributed by atoms with E-state index >= 15 is 0 Å². The van der Waals surface area contributed by atoms with E-state index in [0.717, 1.165) is 20.1 Å². The average molecular weight is 356 g/mol. The molecule has 0 aliphatic heterocycles. The maximum absolute atomic E-state index is 13.0. The van der Waals surface area contributed by atoms with E-state index in [9.17, 15) is 22.8 Å². The number of guanidine groups is 1. The topological polar surface area (TPSA) is 114 Å². The number of alkyl halides is 3. The number of nitrogens with two attached hydrogens (primary N) is 1. The second-order valence-electron chi connectivity index (χ2n) is 4.01. The number of hydrogen-bond donors (Lipinski definition) is 3. The van der Waals surface area contributed by atoms with Crippen LogP contribution in [-0.4, -0.2) is 24.9 Å². The van der Waals surface area contributed by atoms with Gasteiger partial charge in [0.15, 0.2) is 5.96 Å². The van der Waals surface area contributed by atoms with Crippen molar-refractivity contribution in [3.63, 3.8) is 0 Å². The molecule has 0 saturated heterocycles. The number of amides is 1. The van der Waals surface area contributed by atoms with Crippen molar-refractivity contribution < 1.29 is 32.2 Å². The summed E-state index contributed by atoms with van der Waals surface area (Å²) in [4.78, 5) is 22.7. The molecule has 23 heavy (non-hydrogen) atoms. The highest BCUT2D eigenvalue weighted by molar-refractivity contribution is 6.06. The lowest BCUT2D eigenvalue weighted by Gasteiger charge is -2.16. The van der Waals surface area contributed by atoms with Crippen molar-refractivity contribution in [1.29, 1.82) is 5.41 Å². The summed E-state index contributed by atoms with van der Waals surface area (Å²) in [6.07, 6.45) is -4.87. The molecule has 0 atom stereocenters. The molecule has 0 saturated carbocycles. The first-order valence-corrected chi connectivity index (χ1v) is 5.69. The van der Waals surface area contributed by atoms with Crippen LogP contribution in [0.1, 0.15) is 22.8 Å². The number of carbonyl (C=O) groups is 2. The second kappa shape index (κ2) is 7.68. The Morgan fingerprint density at radius 1 is 1.26 bits per heavy atom. The van der Waals surface area contributed by atoms with Gasteiger partial charge in [0.2, 0.25) is 0 Å². The first kappa shape index (κ1) is 20.5. The molecule has 0 heterocycles. The highest BCUT2D eigenvalue weighted by atomic mass is 35.5. The SMILES string of the molecule is COc1cc(OC(C)=O)c(C(F)(F)F)cc1C(=O)NC(=N)N.Cl. The smallest absolute Gasteiger partial charge is 0.420 e. The van der Waals surface area contributed by atoms with Gasteiger partial charge < -0.3 is 15.2 Å². The Morgan fingerprint density at radius 2 is 1.83 bits per heavy atom. The summed E-state index contributed by atoms with van der Waals surface area (Å²) in [7, 11) is 1.12. The largest absolute Gasteiger partial charge is 0.496 e. The highest BCUT2D eigenvalue weighted by Crippen LogP contribution is 2.40. The van der Waals surface area contributed by atoms with Gasteiger partial charge >= 0.3 is 12.1 Å². The number of methoxy groups -OCH3 is 1. The minimum absolute atomic E-state index is 0. The van der Waals surface area contributed by atoms with E-state index in [-0.39, 0.29) is 18.2 Å². The van der Waals surface area contributed by atoms with Crippen LogP contribution in [0.25, 0.3) is 0 Å². The Kier molecular flexibility index (Phi) is 6.84. The third-order valence-corrected chi connectivity index (χ3v) is 2.35. The van der Waals surface area contributed by atoms with E-state index in [1.54, 1.807) is 0 Å². The molecular weight excluding hydrogens is 343 g/mol. The molecule has 0 spiro atoms. The Bertz CT molecular complexity index is 635. The van der Waals surface area contributed by atoms with Gasteiger partial charge in [0, 0.05) is 13.0 Å². The van der Waals surface area contributed by atoms with Gasteiger partial charge in [0.1, 0.15) is 11.5 Å². The van der Waals surface area contributed by atoms with Crippen molar-refractivity contribution in [2.45, 2.75) is 13.1 Å². The standard InChI is InChI=1S/C12H12F3N3O4.ClH/c1-5(19)22-9-4-8(21-2)6(10(20)18-11(16)17)3-7(9)12(13,14)15;/h3-4H,1-2H3,(H4,16,17,18,20);1H. The summed E-state index contributed by atoms with van der Waals surface area (Å²) in [5.41, 5.74) is 3.11. The molecule has 128 valence electrons. The number of halogens is 4. The summed E-state index contributed by atoms with van der Waals surface area (Å²) in [6, 6.07) is 1.22. The number of hydrogen-bond acceptors (Lipinski definition) is 5. The van der Waals surface area contributed by atoms with Crippen LogP contribution in [0.2, 0.25) is 0 Å². The monoisotopic (exact) mass is 355 g/mol. The number of esters is 1. The van der Waals surface area contributed by atoms with Crippen molar-refractivity contribution in [2.75, 3.05) is 7.11 Å². The number of nitrogens with one attached hydrogen (secondary N) is 2. The van der Waals surface area contributed by atoms with E-state index in [0.29, 0.717) is 6.07 Å². The second-order valence-corrected chi connectivity index (χ2v) is 4.01. The Morgan fingerprint density at radius 3 is 2.22 bits per heavy atom. The number of benzene rings is 1. The summed E-state index contributed by atoms with van der Waals surface area (Å²) < 4.78 is 48.3. The van der Waals surface area contributed by atoms with Gasteiger partial charge in [-0.2, -0.15) is 13.2 Å². The van der Waals surface area contributed by atoms with Crippen molar-refractivity contribution in [3.8, 4) is 11.5 Å². The molecule has 0 fully saturated rings. The molecule has 0 bridgehead atoms. The molecule has 1 aromatic rings. The van der Waals surface area contributed by atoms with Crippen LogP contribution in [0.4, 0.5) is 13.2 Å². The lowest BCUT2D eigenvalue weighted by Crippen LogP contribution is -2.36. The first-order chi connectivity index (χ1) is 10.1. The third-order valence-electron chi connectivity index (χ3n) is 2.35. The molecule has 1 aromatic carbocycles. The maximum atomic E-state index is 13.0.